The quantitative estimate of drug-likeness (QED) is 0.353. The van der Waals surface area contributed by atoms with Gasteiger partial charge in [0.1, 0.15) is 0 Å². The minimum absolute atomic E-state index is 0.0984. The predicted octanol–water partition coefficient (Wildman–Crippen LogP) is 4.98. The molecule has 0 unspecified atom stereocenters. The number of aliphatic imine (C=N–C) groups is 1. The molecule has 1 aromatic heterocycles. The standard InChI is InChI=1S/C30H29ClN6O3S.C2HF3O2/c31-23-7-6-22(29(40)37-14-12-35(13-15-37)19-27(38)36-10-1-2-11-36)18-25(23)33-30-34-28(39)26(41-30)17-20-5-8-24-21(16-20)4-3-9-32-24;3-2(4,5)1(6)7/h3-9,16-18H,1-2,10-15,19H2,(H,33,34,39);(H,6,7). The molecule has 16 heteroatoms. The predicted molar refractivity (Wildman–Crippen MR) is 177 cm³/mol. The monoisotopic (exact) mass is 702 g/mol. The molecule has 2 aromatic carbocycles. The van der Waals surface area contributed by atoms with Crippen molar-refractivity contribution >= 4 is 74.9 Å². The van der Waals surface area contributed by atoms with E-state index in [1.807, 2.05) is 35.2 Å². The Morgan fingerprint density at radius 2 is 1.69 bits per heavy atom. The lowest BCUT2D eigenvalue weighted by atomic mass is 10.1. The Balaban J connectivity index is 0.000000582. The van der Waals surface area contributed by atoms with Gasteiger partial charge in [0.25, 0.3) is 11.8 Å². The minimum Gasteiger partial charge on any atom is -0.475 e. The molecule has 3 amide bonds. The van der Waals surface area contributed by atoms with Gasteiger partial charge in [-0.15, -0.1) is 0 Å². The highest BCUT2D eigenvalue weighted by molar-refractivity contribution is 8.18. The lowest BCUT2D eigenvalue weighted by Crippen LogP contribution is -2.51. The van der Waals surface area contributed by atoms with E-state index in [1.165, 1.54) is 11.8 Å². The number of aromatic nitrogens is 1. The van der Waals surface area contributed by atoms with E-state index >= 15 is 0 Å². The van der Waals surface area contributed by atoms with Crippen molar-refractivity contribution < 1.29 is 37.5 Å². The molecule has 2 fully saturated rings. The summed E-state index contributed by atoms with van der Waals surface area (Å²) in [5.74, 6) is -3.02. The van der Waals surface area contributed by atoms with Gasteiger partial charge in [-0.05, 0) is 72.6 Å². The highest BCUT2D eigenvalue weighted by atomic mass is 35.5. The summed E-state index contributed by atoms with van der Waals surface area (Å²) in [4.78, 5) is 62.1. The van der Waals surface area contributed by atoms with Crippen LogP contribution in [0.5, 0.6) is 0 Å². The summed E-state index contributed by atoms with van der Waals surface area (Å²) in [6, 6.07) is 14.7. The second-order valence-corrected chi connectivity index (χ2v) is 12.5. The normalized spacial score (nSPS) is 17.7. The Bertz CT molecular complexity index is 1790. The van der Waals surface area contributed by atoms with Crippen molar-refractivity contribution in [3.8, 4) is 0 Å². The average Bonchev–Trinajstić information content (AvgIpc) is 3.72. The molecule has 48 heavy (non-hydrogen) atoms. The van der Waals surface area contributed by atoms with Gasteiger partial charge in [0.05, 0.1) is 27.7 Å². The number of hydrogen-bond acceptors (Lipinski definition) is 8. The molecule has 0 saturated carbocycles. The van der Waals surface area contributed by atoms with Crippen molar-refractivity contribution in [1.29, 1.82) is 0 Å². The van der Waals surface area contributed by atoms with E-state index in [9.17, 15) is 27.6 Å². The number of thioether (sulfide) groups is 1. The first-order valence-corrected chi connectivity index (χ1v) is 16.1. The number of likely N-dealkylation sites (tertiary alicyclic amines) is 1. The second-order valence-electron chi connectivity index (χ2n) is 11.1. The highest BCUT2D eigenvalue weighted by Gasteiger charge is 2.38. The number of carbonyl (C=O) groups is 4. The van der Waals surface area contributed by atoms with Crippen LogP contribution in [-0.2, 0) is 14.4 Å². The van der Waals surface area contributed by atoms with Crippen LogP contribution in [-0.4, -0.2) is 106 Å². The number of rotatable bonds is 5. The average molecular weight is 703 g/mol. The molecule has 3 aliphatic heterocycles. The molecule has 0 atom stereocenters. The van der Waals surface area contributed by atoms with Gasteiger partial charge in [0, 0.05) is 56.4 Å². The van der Waals surface area contributed by atoms with Crippen molar-refractivity contribution in [2.45, 2.75) is 19.0 Å². The summed E-state index contributed by atoms with van der Waals surface area (Å²) < 4.78 is 31.7. The van der Waals surface area contributed by atoms with Gasteiger partial charge < -0.3 is 20.2 Å². The molecule has 3 aromatic rings. The van der Waals surface area contributed by atoms with Crippen molar-refractivity contribution in [3.63, 3.8) is 0 Å². The number of benzene rings is 2. The van der Waals surface area contributed by atoms with Crippen LogP contribution in [0.2, 0.25) is 5.02 Å². The van der Waals surface area contributed by atoms with E-state index in [-0.39, 0.29) is 17.7 Å². The number of piperazine rings is 1. The van der Waals surface area contributed by atoms with Gasteiger partial charge in [-0.3, -0.25) is 24.3 Å². The fourth-order valence-electron chi connectivity index (χ4n) is 5.22. The molecule has 0 spiro atoms. The molecule has 4 heterocycles. The Kier molecular flexibility index (Phi) is 11.0. The number of anilines is 1. The maximum Gasteiger partial charge on any atom is 0.490 e. The number of carboxylic acids is 1. The van der Waals surface area contributed by atoms with Crippen molar-refractivity contribution in [2.75, 3.05) is 51.1 Å². The summed E-state index contributed by atoms with van der Waals surface area (Å²) in [6.07, 6.45) is 0.624. The number of hydrogen-bond donors (Lipinski definition) is 2. The number of halogens is 4. The van der Waals surface area contributed by atoms with E-state index in [1.54, 1.807) is 35.4 Å². The number of aliphatic carboxylic acids is 1. The summed E-state index contributed by atoms with van der Waals surface area (Å²) >= 11 is 7.67. The molecule has 2 N–H and O–H groups in total. The van der Waals surface area contributed by atoms with Crippen LogP contribution in [0.15, 0.2) is 64.6 Å². The number of fused-ring (bicyclic) bond motifs is 1. The molecule has 0 aliphatic carbocycles. The molecule has 0 bridgehead atoms. The first-order valence-electron chi connectivity index (χ1n) is 14.9. The number of carbonyl (C=O) groups excluding carboxylic acids is 3. The maximum atomic E-state index is 13.3. The van der Waals surface area contributed by atoms with Crippen LogP contribution in [0.1, 0.15) is 28.8 Å². The molecular formula is C32H30ClF3N6O5S. The topological polar surface area (TPSA) is 136 Å². The zero-order valence-electron chi connectivity index (χ0n) is 25.4. The number of amidine groups is 1. The third-order valence-electron chi connectivity index (χ3n) is 7.72. The van der Waals surface area contributed by atoms with Crippen LogP contribution in [0, 0.1) is 0 Å². The number of carboxylic acid groups (broad SMARTS) is 1. The van der Waals surface area contributed by atoms with E-state index in [2.05, 4.69) is 20.2 Å². The lowest BCUT2D eigenvalue weighted by Gasteiger charge is -2.35. The first-order chi connectivity index (χ1) is 22.9. The van der Waals surface area contributed by atoms with Gasteiger partial charge in [-0.1, -0.05) is 23.7 Å². The summed E-state index contributed by atoms with van der Waals surface area (Å²) in [5, 5.41) is 12.1. The molecule has 3 aliphatic rings. The number of nitrogens with zero attached hydrogens (tertiary/aromatic N) is 5. The van der Waals surface area contributed by atoms with E-state index in [0.717, 1.165) is 42.4 Å². The Labute approximate surface area is 282 Å². The Morgan fingerprint density at radius 1 is 0.979 bits per heavy atom. The second kappa shape index (κ2) is 15.2. The first kappa shape index (κ1) is 34.9. The number of nitrogens with one attached hydrogen (secondary N) is 1. The van der Waals surface area contributed by atoms with Crippen molar-refractivity contribution in [1.82, 2.24) is 19.7 Å². The van der Waals surface area contributed by atoms with Crippen LogP contribution in [0.25, 0.3) is 17.0 Å². The number of amides is 3. The molecule has 11 nitrogen and oxygen atoms in total. The lowest BCUT2D eigenvalue weighted by molar-refractivity contribution is -0.192. The van der Waals surface area contributed by atoms with Gasteiger partial charge in [0.2, 0.25) is 5.91 Å². The third-order valence-corrected chi connectivity index (χ3v) is 8.95. The van der Waals surface area contributed by atoms with E-state index in [0.29, 0.717) is 59.1 Å². The maximum absolute atomic E-state index is 13.3. The summed E-state index contributed by atoms with van der Waals surface area (Å²) in [7, 11) is 0. The minimum atomic E-state index is -5.08. The fraction of sp³-hybridized carbons (Fsp3) is 0.312. The van der Waals surface area contributed by atoms with Crippen molar-refractivity contribution in [2.24, 2.45) is 4.99 Å². The third kappa shape index (κ3) is 8.90. The largest absolute Gasteiger partial charge is 0.490 e. The highest BCUT2D eigenvalue weighted by Crippen LogP contribution is 2.32. The Hall–Kier alpha value is -4.47. The van der Waals surface area contributed by atoms with Gasteiger partial charge >= 0.3 is 12.1 Å². The van der Waals surface area contributed by atoms with Gasteiger partial charge in [0.15, 0.2) is 5.17 Å². The zero-order valence-corrected chi connectivity index (χ0v) is 26.9. The zero-order chi connectivity index (χ0) is 34.4. The van der Waals surface area contributed by atoms with Crippen LogP contribution < -0.4 is 5.32 Å². The van der Waals surface area contributed by atoms with Gasteiger partial charge in [-0.25, -0.2) is 4.79 Å². The van der Waals surface area contributed by atoms with E-state index in [4.69, 9.17) is 21.5 Å². The van der Waals surface area contributed by atoms with Crippen LogP contribution in [0.3, 0.4) is 0 Å². The van der Waals surface area contributed by atoms with Gasteiger partial charge in [-0.2, -0.15) is 18.2 Å². The van der Waals surface area contributed by atoms with Crippen molar-refractivity contribution in [3.05, 3.63) is 75.8 Å². The molecule has 6 rings (SSSR count). The molecule has 2 saturated heterocycles. The van der Waals surface area contributed by atoms with Crippen LogP contribution in [0.4, 0.5) is 18.9 Å². The number of pyridine rings is 1. The van der Waals surface area contributed by atoms with Crippen LogP contribution >= 0.6 is 23.4 Å². The molecule has 252 valence electrons. The molecular weight excluding hydrogens is 673 g/mol. The Morgan fingerprint density at radius 3 is 2.38 bits per heavy atom. The summed E-state index contributed by atoms with van der Waals surface area (Å²) in [6.45, 7) is 4.52. The smallest absolute Gasteiger partial charge is 0.475 e. The number of alkyl halides is 3. The van der Waals surface area contributed by atoms with E-state index < -0.39 is 12.1 Å². The fourth-order valence-corrected chi connectivity index (χ4v) is 6.21. The summed E-state index contributed by atoms with van der Waals surface area (Å²) in [5.41, 5.74) is 2.76. The molecule has 0 radical (unpaired) electrons. The SMILES string of the molecule is O=C(O)C(F)(F)F.O=C1N=C(Nc2cc(C(=O)N3CCN(CC(=O)N4CCCC4)CC3)ccc2Cl)SC1=Cc1ccc2ncccc2c1.